The van der Waals surface area contributed by atoms with Gasteiger partial charge in [-0.05, 0) is 41.2 Å². The Morgan fingerprint density at radius 3 is 2.42 bits per heavy atom. The van der Waals surface area contributed by atoms with E-state index in [-0.39, 0.29) is 0 Å². The first-order valence-electron chi connectivity index (χ1n) is 7.01. The average molecular weight is 253 g/mol. The molecule has 2 aromatic rings. The molecule has 0 fully saturated rings. The van der Waals surface area contributed by atoms with Crippen molar-refractivity contribution in [3.05, 3.63) is 54.7 Å². The molecular formula is C18H23N. The summed E-state index contributed by atoms with van der Waals surface area (Å²) in [5, 5.41) is 5.98. The van der Waals surface area contributed by atoms with E-state index in [9.17, 15) is 0 Å². The third kappa shape index (κ3) is 3.60. The van der Waals surface area contributed by atoms with Crippen LogP contribution in [0.2, 0.25) is 0 Å². The minimum atomic E-state index is 0.492. The molecule has 0 aliphatic rings. The molecule has 0 aliphatic heterocycles. The highest BCUT2D eigenvalue weighted by Crippen LogP contribution is 2.23. The lowest BCUT2D eigenvalue weighted by atomic mass is 9.96. The summed E-state index contributed by atoms with van der Waals surface area (Å²) in [4.78, 5) is 0. The van der Waals surface area contributed by atoms with E-state index >= 15 is 0 Å². The Labute approximate surface area is 116 Å². The van der Waals surface area contributed by atoms with Gasteiger partial charge in [0.1, 0.15) is 0 Å². The molecule has 2 aromatic carbocycles. The maximum atomic E-state index is 4.17. The van der Waals surface area contributed by atoms with Crippen molar-refractivity contribution < 1.29 is 0 Å². The van der Waals surface area contributed by atoms with Crippen LogP contribution in [-0.4, -0.2) is 0 Å². The molecule has 0 saturated carbocycles. The average Bonchev–Trinajstić information content (AvgIpc) is 2.37. The van der Waals surface area contributed by atoms with Gasteiger partial charge in [0.15, 0.2) is 0 Å². The molecule has 0 aromatic heterocycles. The zero-order valence-corrected chi connectivity index (χ0v) is 12.1. The molecule has 0 aliphatic carbocycles. The number of rotatable bonds is 5. The fourth-order valence-electron chi connectivity index (χ4n) is 2.43. The first-order chi connectivity index (χ1) is 9.06. The van der Waals surface area contributed by atoms with Crippen molar-refractivity contribution in [3.8, 4) is 0 Å². The predicted octanol–water partition coefficient (Wildman–Crippen LogP) is 5.45. The van der Waals surface area contributed by atoms with Crippen LogP contribution < -0.4 is 5.32 Å². The molecule has 2 rings (SSSR count). The fraction of sp³-hybridized carbons (Fsp3) is 0.333. The van der Waals surface area contributed by atoms with E-state index in [1.54, 1.807) is 0 Å². The Hall–Kier alpha value is -1.76. The molecule has 1 nitrogen and oxygen atoms in total. The predicted molar refractivity (Wildman–Crippen MR) is 85.3 cm³/mol. The van der Waals surface area contributed by atoms with Gasteiger partial charge in [-0.3, -0.25) is 0 Å². The Morgan fingerprint density at radius 2 is 1.74 bits per heavy atom. The minimum Gasteiger partial charge on any atom is -0.359 e. The largest absolute Gasteiger partial charge is 0.359 e. The summed E-state index contributed by atoms with van der Waals surface area (Å²) in [6.45, 7) is 10.9. The van der Waals surface area contributed by atoms with Crippen molar-refractivity contribution in [2.75, 3.05) is 5.32 Å². The Kier molecular flexibility index (Phi) is 4.26. The molecule has 0 unspecified atom stereocenters. The second kappa shape index (κ2) is 5.92. The summed E-state index contributed by atoms with van der Waals surface area (Å²) < 4.78 is 0. The lowest BCUT2D eigenvalue weighted by Gasteiger charge is -2.19. The van der Waals surface area contributed by atoms with Gasteiger partial charge in [-0.15, -0.1) is 0 Å². The van der Waals surface area contributed by atoms with Crippen molar-refractivity contribution in [2.24, 2.45) is 11.8 Å². The third-order valence-electron chi connectivity index (χ3n) is 3.47. The van der Waals surface area contributed by atoms with E-state index in [2.05, 4.69) is 75.1 Å². The lowest BCUT2D eigenvalue weighted by molar-refractivity contribution is 0.488. The van der Waals surface area contributed by atoms with Crippen LogP contribution >= 0.6 is 0 Å². The van der Waals surface area contributed by atoms with Crippen LogP contribution in [0.4, 0.5) is 5.69 Å². The highest BCUT2D eigenvalue weighted by Gasteiger charge is 2.09. The van der Waals surface area contributed by atoms with Gasteiger partial charge in [0.2, 0.25) is 0 Å². The quantitative estimate of drug-likeness (QED) is 0.747. The summed E-state index contributed by atoms with van der Waals surface area (Å²) in [5.74, 6) is 1.19. The molecule has 0 bridgehead atoms. The third-order valence-corrected chi connectivity index (χ3v) is 3.47. The summed E-state index contributed by atoms with van der Waals surface area (Å²) in [7, 11) is 0. The maximum absolute atomic E-state index is 4.17. The van der Waals surface area contributed by atoms with E-state index in [1.165, 1.54) is 17.2 Å². The Bertz CT molecular complexity index is 569. The van der Waals surface area contributed by atoms with Crippen LogP contribution in [-0.2, 0) is 0 Å². The first kappa shape index (κ1) is 13.7. The van der Waals surface area contributed by atoms with Crippen molar-refractivity contribution in [1.82, 2.24) is 0 Å². The molecule has 0 spiro atoms. The smallest absolute Gasteiger partial charge is 0.0388 e. The van der Waals surface area contributed by atoms with Gasteiger partial charge in [-0.25, -0.2) is 0 Å². The minimum absolute atomic E-state index is 0.492. The molecule has 19 heavy (non-hydrogen) atoms. The molecule has 0 heterocycles. The second-order valence-electron chi connectivity index (χ2n) is 5.74. The first-order valence-corrected chi connectivity index (χ1v) is 7.01. The van der Waals surface area contributed by atoms with Crippen molar-refractivity contribution in [3.63, 3.8) is 0 Å². The van der Waals surface area contributed by atoms with Crippen LogP contribution in [0.5, 0.6) is 0 Å². The van der Waals surface area contributed by atoms with Gasteiger partial charge in [-0.1, -0.05) is 57.7 Å². The fourth-order valence-corrected chi connectivity index (χ4v) is 2.43. The van der Waals surface area contributed by atoms with Gasteiger partial charge < -0.3 is 5.32 Å². The van der Waals surface area contributed by atoms with Crippen molar-refractivity contribution >= 4 is 16.5 Å². The van der Waals surface area contributed by atoms with E-state index in [0.717, 1.165) is 11.4 Å². The molecule has 0 radical (unpaired) electrons. The van der Waals surface area contributed by atoms with Gasteiger partial charge in [-0.2, -0.15) is 0 Å². The Morgan fingerprint density at radius 1 is 1.05 bits per heavy atom. The highest BCUT2D eigenvalue weighted by atomic mass is 14.9. The molecule has 1 atom stereocenters. The number of hydrogen-bond donors (Lipinski definition) is 1. The van der Waals surface area contributed by atoms with E-state index in [1.807, 2.05) is 0 Å². The zero-order valence-electron chi connectivity index (χ0n) is 12.1. The van der Waals surface area contributed by atoms with E-state index < -0.39 is 0 Å². The monoisotopic (exact) mass is 253 g/mol. The standard InChI is InChI=1S/C18H23N/c1-13(2)11-14(3)15(4)19-18-10-9-16-7-5-6-8-17(16)12-18/h5-10,12-14,19H,4,11H2,1-3H3/t14-/m0/s1. The van der Waals surface area contributed by atoms with Gasteiger partial charge >= 0.3 is 0 Å². The number of anilines is 1. The number of hydrogen-bond acceptors (Lipinski definition) is 1. The van der Waals surface area contributed by atoms with Gasteiger partial charge in [0.25, 0.3) is 0 Å². The normalized spacial score (nSPS) is 12.6. The SMILES string of the molecule is C=C(Nc1ccc2ccccc2c1)[C@@H](C)CC(C)C. The number of fused-ring (bicyclic) bond motifs is 1. The van der Waals surface area contributed by atoms with Crippen molar-refractivity contribution in [2.45, 2.75) is 27.2 Å². The summed E-state index contributed by atoms with van der Waals surface area (Å²) >= 11 is 0. The summed E-state index contributed by atoms with van der Waals surface area (Å²) in [6, 6.07) is 14.9. The van der Waals surface area contributed by atoms with Crippen LogP contribution in [0.25, 0.3) is 10.8 Å². The van der Waals surface area contributed by atoms with Gasteiger partial charge in [0.05, 0.1) is 0 Å². The van der Waals surface area contributed by atoms with Crippen molar-refractivity contribution in [1.29, 1.82) is 0 Å². The Balaban J connectivity index is 2.10. The number of allylic oxidation sites excluding steroid dienone is 1. The molecule has 1 N–H and O–H groups in total. The molecule has 100 valence electrons. The summed E-state index contributed by atoms with van der Waals surface area (Å²) in [6.07, 6.45) is 1.17. The topological polar surface area (TPSA) is 12.0 Å². The molecule has 0 amide bonds. The van der Waals surface area contributed by atoms with Crippen LogP contribution in [0, 0.1) is 11.8 Å². The van der Waals surface area contributed by atoms with E-state index in [0.29, 0.717) is 11.8 Å². The number of benzene rings is 2. The highest BCUT2D eigenvalue weighted by molar-refractivity contribution is 5.85. The maximum Gasteiger partial charge on any atom is 0.0388 e. The molecule has 1 heteroatoms. The molecular weight excluding hydrogens is 230 g/mol. The van der Waals surface area contributed by atoms with Gasteiger partial charge in [0, 0.05) is 11.4 Å². The number of nitrogens with one attached hydrogen (secondary N) is 1. The lowest BCUT2D eigenvalue weighted by Crippen LogP contribution is -2.10. The van der Waals surface area contributed by atoms with Crippen LogP contribution in [0.3, 0.4) is 0 Å². The summed E-state index contributed by atoms with van der Waals surface area (Å²) in [5.41, 5.74) is 2.23. The zero-order chi connectivity index (χ0) is 13.8. The van der Waals surface area contributed by atoms with E-state index in [4.69, 9.17) is 0 Å². The second-order valence-corrected chi connectivity index (χ2v) is 5.74. The van der Waals surface area contributed by atoms with Crippen LogP contribution in [0.1, 0.15) is 27.2 Å². The molecule has 0 saturated heterocycles. The van der Waals surface area contributed by atoms with Crippen LogP contribution in [0.15, 0.2) is 54.7 Å².